The third-order valence-electron chi connectivity index (χ3n) is 5.78. The van der Waals surface area contributed by atoms with Crippen molar-refractivity contribution >= 4 is 27.5 Å². The Labute approximate surface area is 158 Å². The minimum absolute atomic E-state index is 0.0164. The number of hydrogen-bond acceptors (Lipinski definition) is 5. The number of carbonyl (C=O) groups excluding carboxylic acids is 2. The monoisotopic (exact) mass is 392 g/mol. The molecule has 0 bridgehead atoms. The highest BCUT2D eigenvalue weighted by molar-refractivity contribution is 7.89. The predicted octanol–water partition coefficient (Wildman–Crippen LogP) is 0.433. The number of likely N-dealkylation sites (tertiary alicyclic amines) is 2. The molecule has 4 rings (SSSR count). The Kier molecular flexibility index (Phi) is 4.59. The third kappa shape index (κ3) is 3.41. The number of para-hydroxylation sites is 1. The fourth-order valence-corrected chi connectivity index (χ4v) is 5.59. The van der Waals surface area contributed by atoms with Gasteiger partial charge in [-0.25, -0.2) is 8.42 Å². The fraction of sp³-hybridized carbons (Fsp3) is 0.556. The third-order valence-corrected chi connectivity index (χ3v) is 7.28. The molecule has 0 aromatic heterocycles. The van der Waals surface area contributed by atoms with E-state index < -0.39 is 10.0 Å². The molecule has 8 nitrogen and oxygen atoms in total. The summed E-state index contributed by atoms with van der Waals surface area (Å²) in [5.41, 5.74) is 0.618. The number of anilines is 1. The average Bonchev–Trinajstić information content (AvgIpc) is 2.99. The molecule has 27 heavy (non-hydrogen) atoms. The van der Waals surface area contributed by atoms with Crippen molar-refractivity contribution in [1.29, 1.82) is 0 Å². The van der Waals surface area contributed by atoms with Crippen LogP contribution in [0.3, 0.4) is 0 Å². The molecular weight excluding hydrogens is 368 g/mol. The van der Waals surface area contributed by atoms with Gasteiger partial charge in [0.15, 0.2) is 0 Å². The summed E-state index contributed by atoms with van der Waals surface area (Å²) in [5, 5.41) is 3.29. The Morgan fingerprint density at radius 1 is 1.19 bits per heavy atom. The van der Waals surface area contributed by atoms with Crippen LogP contribution < -0.4 is 10.0 Å². The van der Waals surface area contributed by atoms with Gasteiger partial charge >= 0.3 is 0 Å². The molecule has 0 aliphatic carbocycles. The number of nitrogens with zero attached hydrogens (tertiary/aromatic N) is 2. The summed E-state index contributed by atoms with van der Waals surface area (Å²) < 4.78 is 27.7. The standard InChI is InChI=1S/C18H24N4O4S/c1-21-11-13(10-16(21)23)18(24)22-8-6-12(7-9-22)17-19-14-4-2-3-5-15(14)27(25,26)20-17/h2-5,12-13,17,19-20H,6-11H2,1H3. The zero-order chi connectivity index (χ0) is 19.2. The van der Waals surface area contributed by atoms with Crippen molar-refractivity contribution in [2.45, 2.75) is 30.3 Å². The van der Waals surface area contributed by atoms with E-state index in [0.717, 1.165) is 0 Å². The summed E-state index contributed by atoms with van der Waals surface area (Å²) in [6, 6.07) is 6.87. The first-order valence-electron chi connectivity index (χ1n) is 9.26. The van der Waals surface area contributed by atoms with Gasteiger partial charge in [-0.3, -0.25) is 9.59 Å². The van der Waals surface area contributed by atoms with Gasteiger partial charge < -0.3 is 15.1 Å². The van der Waals surface area contributed by atoms with Crippen molar-refractivity contribution in [3.8, 4) is 0 Å². The van der Waals surface area contributed by atoms with E-state index in [2.05, 4.69) is 10.0 Å². The van der Waals surface area contributed by atoms with Crippen LogP contribution in [0.2, 0.25) is 0 Å². The molecule has 2 saturated heterocycles. The first kappa shape index (κ1) is 18.2. The van der Waals surface area contributed by atoms with Gasteiger partial charge in [-0.15, -0.1) is 0 Å². The highest BCUT2D eigenvalue weighted by Gasteiger charge is 2.39. The lowest BCUT2D eigenvalue weighted by molar-refractivity contribution is -0.137. The molecule has 2 amide bonds. The van der Waals surface area contributed by atoms with Crippen molar-refractivity contribution in [3.63, 3.8) is 0 Å². The fourth-order valence-electron chi connectivity index (χ4n) is 4.20. The molecular formula is C18H24N4O4S. The molecule has 1 aromatic carbocycles. The number of fused-ring (bicyclic) bond motifs is 1. The van der Waals surface area contributed by atoms with Gasteiger partial charge in [0.05, 0.1) is 17.8 Å². The van der Waals surface area contributed by atoms with Crippen molar-refractivity contribution in [1.82, 2.24) is 14.5 Å². The normalized spacial score (nSPS) is 28.0. The Bertz CT molecular complexity index is 864. The van der Waals surface area contributed by atoms with Crippen molar-refractivity contribution in [2.24, 2.45) is 11.8 Å². The van der Waals surface area contributed by atoms with Crippen LogP contribution in [0.15, 0.2) is 29.2 Å². The SMILES string of the molecule is CN1CC(C(=O)N2CCC(C3Nc4ccccc4S(=O)(=O)N3)CC2)CC1=O. The molecule has 0 radical (unpaired) electrons. The molecule has 3 aliphatic rings. The summed E-state index contributed by atoms with van der Waals surface area (Å²) in [4.78, 5) is 28.0. The van der Waals surface area contributed by atoms with Gasteiger partial charge in [0, 0.05) is 33.1 Å². The summed E-state index contributed by atoms with van der Waals surface area (Å²) in [6.07, 6.45) is 1.34. The van der Waals surface area contributed by atoms with Crippen LogP contribution in [0, 0.1) is 11.8 Å². The van der Waals surface area contributed by atoms with Gasteiger partial charge in [-0.2, -0.15) is 4.72 Å². The molecule has 146 valence electrons. The van der Waals surface area contributed by atoms with Crippen LogP contribution >= 0.6 is 0 Å². The molecule has 9 heteroatoms. The molecule has 2 unspecified atom stereocenters. The lowest BCUT2D eigenvalue weighted by Crippen LogP contribution is -2.53. The molecule has 3 heterocycles. The molecule has 0 spiro atoms. The zero-order valence-electron chi connectivity index (χ0n) is 15.2. The van der Waals surface area contributed by atoms with Crippen LogP contribution in [0.1, 0.15) is 19.3 Å². The lowest BCUT2D eigenvalue weighted by atomic mass is 9.92. The highest BCUT2D eigenvalue weighted by atomic mass is 32.2. The maximum Gasteiger partial charge on any atom is 0.244 e. The van der Waals surface area contributed by atoms with Crippen molar-refractivity contribution in [2.75, 3.05) is 32.0 Å². The minimum atomic E-state index is -3.53. The van der Waals surface area contributed by atoms with E-state index in [1.54, 1.807) is 30.1 Å². The number of hydrogen-bond donors (Lipinski definition) is 2. The molecule has 2 fully saturated rings. The first-order valence-corrected chi connectivity index (χ1v) is 10.7. The topological polar surface area (TPSA) is 98.8 Å². The minimum Gasteiger partial charge on any atom is -0.368 e. The van der Waals surface area contributed by atoms with Crippen molar-refractivity contribution < 1.29 is 18.0 Å². The second-order valence-electron chi connectivity index (χ2n) is 7.58. The zero-order valence-corrected chi connectivity index (χ0v) is 16.0. The number of piperidine rings is 1. The Balaban J connectivity index is 1.39. The van der Waals surface area contributed by atoms with E-state index in [1.165, 1.54) is 0 Å². The highest BCUT2D eigenvalue weighted by Crippen LogP contribution is 2.31. The van der Waals surface area contributed by atoms with Crippen LogP contribution in [0.4, 0.5) is 5.69 Å². The summed E-state index contributed by atoms with van der Waals surface area (Å²) in [6.45, 7) is 1.65. The number of amides is 2. The Hall–Kier alpha value is -2.13. The molecule has 0 saturated carbocycles. The van der Waals surface area contributed by atoms with E-state index >= 15 is 0 Å². The van der Waals surface area contributed by atoms with Gasteiger partial charge in [-0.1, -0.05) is 12.1 Å². The number of benzene rings is 1. The Morgan fingerprint density at radius 3 is 2.56 bits per heavy atom. The van der Waals surface area contributed by atoms with Gasteiger partial charge in [0.25, 0.3) is 0 Å². The number of carbonyl (C=O) groups is 2. The predicted molar refractivity (Wildman–Crippen MR) is 99.2 cm³/mol. The summed E-state index contributed by atoms with van der Waals surface area (Å²) in [7, 11) is -1.81. The van der Waals surface area contributed by atoms with E-state index in [9.17, 15) is 18.0 Å². The van der Waals surface area contributed by atoms with E-state index in [-0.39, 0.29) is 41.1 Å². The maximum absolute atomic E-state index is 12.7. The van der Waals surface area contributed by atoms with Crippen LogP contribution in [-0.4, -0.2) is 62.9 Å². The van der Waals surface area contributed by atoms with Crippen LogP contribution in [0.25, 0.3) is 0 Å². The smallest absolute Gasteiger partial charge is 0.244 e. The van der Waals surface area contributed by atoms with E-state index in [0.29, 0.717) is 38.2 Å². The largest absolute Gasteiger partial charge is 0.368 e. The van der Waals surface area contributed by atoms with Gasteiger partial charge in [0.2, 0.25) is 21.8 Å². The van der Waals surface area contributed by atoms with Gasteiger partial charge in [-0.05, 0) is 30.9 Å². The number of nitrogens with one attached hydrogen (secondary N) is 2. The quantitative estimate of drug-likeness (QED) is 0.761. The van der Waals surface area contributed by atoms with Crippen LogP contribution in [-0.2, 0) is 19.6 Å². The molecule has 1 aromatic rings. The summed E-state index contributed by atoms with van der Waals surface area (Å²) in [5.74, 6) is -0.0984. The number of sulfonamides is 1. The maximum atomic E-state index is 12.7. The van der Waals surface area contributed by atoms with E-state index in [4.69, 9.17) is 0 Å². The molecule has 2 N–H and O–H groups in total. The molecule has 3 aliphatic heterocycles. The Morgan fingerprint density at radius 2 is 1.89 bits per heavy atom. The average molecular weight is 392 g/mol. The summed E-state index contributed by atoms with van der Waals surface area (Å²) >= 11 is 0. The van der Waals surface area contributed by atoms with E-state index in [1.807, 2.05) is 11.0 Å². The van der Waals surface area contributed by atoms with Crippen LogP contribution in [0.5, 0.6) is 0 Å². The molecule has 2 atom stereocenters. The lowest BCUT2D eigenvalue weighted by Gasteiger charge is -2.39. The first-order chi connectivity index (χ1) is 12.8. The second-order valence-corrected chi connectivity index (χ2v) is 9.26. The number of rotatable bonds is 2. The van der Waals surface area contributed by atoms with Gasteiger partial charge in [0.1, 0.15) is 4.90 Å². The van der Waals surface area contributed by atoms with Crippen molar-refractivity contribution in [3.05, 3.63) is 24.3 Å². The second kappa shape index (κ2) is 6.79.